The molecule has 0 radical (unpaired) electrons. The van der Waals surface area contributed by atoms with Gasteiger partial charge in [0, 0.05) is 6.42 Å². The Labute approximate surface area is 101 Å². The van der Waals surface area contributed by atoms with Crippen molar-refractivity contribution in [2.24, 2.45) is 0 Å². The molecule has 1 heterocycles. The summed E-state index contributed by atoms with van der Waals surface area (Å²) < 4.78 is 10.7. The number of carbonyl (C=O) groups is 1. The Morgan fingerprint density at radius 3 is 2.71 bits per heavy atom. The van der Waals surface area contributed by atoms with Gasteiger partial charge >= 0.3 is 5.97 Å². The SMILES string of the molecule is CC1=C(C(=O)OCc2ccccc2)CC(C)O1. The van der Waals surface area contributed by atoms with Gasteiger partial charge in [-0.05, 0) is 19.4 Å². The van der Waals surface area contributed by atoms with Crippen LogP contribution in [-0.2, 0) is 20.9 Å². The molecule has 3 nitrogen and oxygen atoms in total. The van der Waals surface area contributed by atoms with Crippen LogP contribution in [0.2, 0.25) is 0 Å². The first kappa shape index (κ1) is 11.7. The van der Waals surface area contributed by atoms with Crippen LogP contribution in [0, 0.1) is 0 Å². The predicted molar refractivity (Wildman–Crippen MR) is 64.1 cm³/mol. The molecule has 0 aliphatic carbocycles. The second kappa shape index (κ2) is 5.04. The number of esters is 1. The van der Waals surface area contributed by atoms with E-state index in [9.17, 15) is 4.79 Å². The van der Waals surface area contributed by atoms with E-state index in [0.29, 0.717) is 24.4 Å². The first-order valence-corrected chi connectivity index (χ1v) is 5.74. The smallest absolute Gasteiger partial charge is 0.337 e. The maximum atomic E-state index is 11.8. The van der Waals surface area contributed by atoms with E-state index in [2.05, 4.69) is 0 Å². The Bertz CT molecular complexity index is 434. The molecule has 1 aromatic rings. The van der Waals surface area contributed by atoms with E-state index < -0.39 is 0 Å². The summed E-state index contributed by atoms with van der Waals surface area (Å²) >= 11 is 0. The summed E-state index contributed by atoms with van der Waals surface area (Å²) in [6.07, 6.45) is 0.716. The van der Waals surface area contributed by atoms with Crippen molar-refractivity contribution in [1.82, 2.24) is 0 Å². The second-order valence-corrected chi connectivity index (χ2v) is 4.23. The molecule has 90 valence electrons. The number of ether oxygens (including phenoxy) is 2. The van der Waals surface area contributed by atoms with E-state index in [1.54, 1.807) is 0 Å². The summed E-state index contributed by atoms with van der Waals surface area (Å²) in [7, 11) is 0. The fourth-order valence-corrected chi connectivity index (χ4v) is 1.88. The van der Waals surface area contributed by atoms with E-state index in [0.717, 1.165) is 5.56 Å². The zero-order valence-corrected chi connectivity index (χ0v) is 10.1. The van der Waals surface area contributed by atoms with Gasteiger partial charge in [-0.1, -0.05) is 30.3 Å². The molecule has 0 amide bonds. The number of hydrogen-bond acceptors (Lipinski definition) is 3. The van der Waals surface area contributed by atoms with Crippen molar-refractivity contribution in [2.75, 3.05) is 0 Å². The fraction of sp³-hybridized carbons (Fsp3) is 0.357. The molecule has 1 aromatic carbocycles. The highest BCUT2D eigenvalue weighted by Crippen LogP contribution is 2.25. The Morgan fingerprint density at radius 1 is 1.41 bits per heavy atom. The van der Waals surface area contributed by atoms with E-state index in [1.165, 1.54) is 0 Å². The standard InChI is InChI=1S/C14H16O3/c1-10-8-13(11(2)17-10)14(15)16-9-12-6-4-3-5-7-12/h3-7,10H,8-9H2,1-2H3. The molecule has 0 spiro atoms. The van der Waals surface area contributed by atoms with Gasteiger partial charge in [-0.3, -0.25) is 0 Å². The third-order valence-electron chi connectivity index (χ3n) is 2.75. The van der Waals surface area contributed by atoms with E-state index in [4.69, 9.17) is 9.47 Å². The number of hydrogen-bond donors (Lipinski definition) is 0. The van der Waals surface area contributed by atoms with Gasteiger partial charge in [-0.15, -0.1) is 0 Å². The molecule has 0 saturated heterocycles. The highest BCUT2D eigenvalue weighted by atomic mass is 16.5. The number of carbonyl (C=O) groups excluding carboxylic acids is 1. The first-order valence-electron chi connectivity index (χ1n) is 5.74. The Balaban J connectivity index is 1.92. The third kappa shape index (κ3) is 2.87. The van der Waals surface area contributed by atoms with Gasteiger partial charge in [-0.25, -0.2) is 4.79 Å². The quantitative estimate of drug-likeness (QED) is 0.752. The summed E-state index contributed by atoms with van der Waals surface area (Å²) in [5, 5.41) is 0. The predicted octanol–water partition coefficient (Wildman–Crippen LogP) is 2.81. The largest absolute Gasteiger partial charge is 0.494 e. The van der Waals surface area contributed by atoms with Crippen molar-refractivity contribution in [2.45, 2.75) is 33.0 Å². The maximum absolute atomic E-state index is 11.8. The second-order valence-electron chi connectivity index (χ2n) is 4.23. The van der Waals surface area contributed by atoms with Crippen LogP contribution in [0.15, 0.2) is 41.7 Å². The van der Waals surface area contributed by atoms with Crippen LogP contribution in [-0.4, -0.2) is 12.1 Å². The topological polar surface area (TPSA) is 35.5 Å². The van der Waals surface area contributed by atoms with Gasteiger partial charge < -0.3 is 9.47 Å². The monoisotopic (exact) mass is 232 g/mol. The number of allylic oxidation sites excluding steroid dienone is 1. The zero-order valence-electron chi connectivity index (χ0n) is 10.1. The molecule has 1 aliphatic heterocycles. The van der Waals surface area contributed by atoms with Crippen LogP contribution in [0.4, 0.5) is 0 Å². The summed E-state index contributed by atoms with van der Waals surface area (Å²) in [4.78, 5) is 11.8. The Morgan fingerprint density at radius 2 is 2.12 bits per heavy atom. The van der Waals surface area contributed by atoms with E-state index in [1.807, 2.05) is 44.2 Å². The van der Waals surface area contributed by atoms with Gasteiger partial charge in [0.05, 0.1) is 11.7 Å². The molecule has 1 atom stereocenters. The lowest BCUT2D eigenvalue weighted by atomic mass is 10.1. The average Bonchev–Trinajstić information content (AvgIpc) is 2.67. The van der Waals surface area contributed by atoms with Crippen LogP contribution in [0.1, 0.15) is 25.8 Å². The van der Waals surface area contributed by atoms with Crippen molar-refractivity contribution in [1.29, 1.82) is 0 Å². The van der Waals surface area contributed by atoms with E-state index >= 15 is 0 Å². The van der Waals surface area contributed by atoms with Gasteiger partial charge in [0.15, 0.2) is 0 Å². The van der Waals surface area contributed by atoms with Crippen molar-refractivity contribution < 1.29 is 14.3 Å². The molecule has 1 unspecified atom stereocenters. The Hall–Kier alpha value is -1.77. The van der Waals surface area contributed by atoms with Crippen molar-refractivity contribution in [3.63, 3.8) is 0 Å². The average molecular weight is 232 g/mol. The van der Waals surface area contributed by atoms with Crippen LogP contribution in [0.3, 0.4) is 0 Å². The summed E-state index contributed by atoms with van der Waals surface area (Å²) in [6, 6.07) is 9.65. The summed E-state index contributed by atoms with van der Waals surface area (Å²) in [5.74, 6) is 0.422. The molecule has 0 saturated carbocycles. The summed E-state index contributed by atoms with van der Waals surface area (Å²) in [6.45, 7) is 4.06. The van der Waals surface area contributed by atoms with Crippen LogP contribution in [0.5, 0.6) is 0 Å². The van der Waals surface area contributed by atoms with Gasteiger partial charge in [0.2, 0.25) is 0 Å². The highest BCUT2D eigenvalue weighted by Gasteiger charge is 2.25. The van der Waals surface area contributed by atoms with Gasteiger partial charge in [-0.2, -0.15) is 0 Å². The highest BCUT2D eigenvalue weighted by molar-refractivity contribution is 5.89. The molecule has 3 heteroatoms. The molecule has 0 fully saturated rings. The van der Waals surface area contributed by atoms with Crippen LogP contribution >= 0.6 is 0 Å². The minimum absolute atomic E-state index is 0.0780. The van der Waals surface area contributed by atoms with Gasteiger partial charge in [0.1, 0.15) is 12.4 Å². The van der Waals surface area contributed by atoms with Gasteiger partial charge in [0.25, 0.3) is 0 Å². The first-order chi connectivity index (χ1) is 8.16. The molecule has 0 bridgehead atoms. The zero-order chi connectivity index (χ0) is 12.3. The van der Waals surface area contributed by atoms with Crippen LogP contribution in [0.25, 0.3) is 0 Å². The lowest BCUT2D eigenvalue weighted by Gasteiger charge is -2.05. The fourth-order valence-electron chi connectivity index (χ4n) is 1.88. The van der Waals surface area contributed by atoms with Crippen molar-refractivity contribution in [3.8, 4) is 0 Å². The molecule has 0 aromatic heterocycles. The molecular weight excluding hydrogens is 216 g/mol. The normalized spacial score (nSPS) is 19.1. The van der Waals surface area contributed by atoms with Crippen molar-refractivity contribution in [3.05, 3.63) is 47.2 Å². The molecule has 1 aliphatic rings. The van der Waals surface area contributed by atoms with Crippen molar-refractivity contribution >= 4 is 5.97 Å². The lowest BCUT2D eigenvalue weighted by molar-refractivity contribution is -0.140. The third-order valence-corrected chi connectivity index (χ3v) is 2.75. The number of rotatable bonds is 3. The minimum Gasteiger partial charge on any atom is -0.494 e. The maximum Gasteiger partial charge on any atom is 0.337 e. The van der Waals surface area contributed by atoms with Crippen LogP contribution < -0.4 is 0 Å². The molecular formula is C14H16O3. The molecule has 2 rings (SSSR count). The van der Waals surface area contributed by atoms with E-state index in [-0.39, 0.29) is 12.1 Å². The minimum atomic E-state index is -0.268. The number of benzene rings is 1. The Kier molecular flexibility index (Phi) is 3.47. The molecule has 0 N–H and O–H groups in total. The lowest BCUT2D eigenvalue weighted by Crippen LogP contribution is -2.08. The summed E-state index contributed by atoms with van der Waals surface area (Å²) in [5.41, 5.74) is 1.65. The molecule has 17 heavy (non-hydrogen) atoms.